The standard InChI is InChI=1S/C17H19N3O5/c1-2-15(22)25-16-14(18-8-9-21)10-19-20(17(16)23)12-24-11-13-6-4-3-5-7-13/h2-7,10,18,21H,1,8-9,11-12H2. The Morgan fingerprint density at radius 2 is 2.12 bits per heavy atom. The maximum Gasteiger partial charge on any atom is 0.335 e. The van der Waals surface area contributed by atoms with Gasteiger partial charge in [0.05, 0.1) is 19.4 Å². The van der Waals surface area contributed by atoms with E-state index in [4.69, 9.17) is 14.6 Å². The molecule has 132 valence electrons. The molecule has 0 unspecified atom stereocenters. The summed E-state index contributed by atoms with van der Waals surface area (Å²) in [5, 5.41) is 15.6. The fourth-order valence-corrected chi connectivity index (χ4v) is 1.94. The molecule has 8 heteroatoms. The van der Waals surface area contributed by atoms with Gasteiger partial charge in [0, 0.05) is 12.6 Å². The van der Waals surface area contributed by atoms with E-state index in [-0.39, 0.29) is 31.3 Å². The highest BCUT2D eigenvalue weighted by atomic mass is 16.5. The van der Waals surface area contributed by atoms with Gasteiger partial charge in [-0.3, -0.25) is 4.79 Å². The highest BCUT2D eigenvalue weighted by molar-refractivity contribution is 5.84. The molecule has 0 radical (unpaired) electrons. The van der Waals surface area contributed by atoms with Crippen LogP contribution in [0.5, 0.6) is 5.75 Å². The molecule has 8 nitrogen and oxygen atoms in total. The lowest BCUT2D eigenvalue weighted by Crippen LogP contribution is -2.28. The van der Waals surface area contributed by atoms with Gasteiger partial charge in [-0.1, -0.05) is 36.9 Å². The van der Waals surface area contributed by atoms with E-state index in [1.807, 2.05) is 30.3 Å². The first-order valence-corrected chi connectivity index (χ1v) is 7.56. The second kappa shape index (κ2) is 9.36. The molecule has 0 saturated heterocycles. The lowest BCUT2D eigenvalue weighted by molar-refractivity contribution is -0.129. The number of nitrogens with zero attached hydrogens (tertiary/aromatic N) is 2. The molecule has 2 N–H and O–H groups in total. The molecule has 0 aliphatic rings. The van der Waals surface area contributed by atoms with Crippen molar-refractivity contribution in [1.29, 1.82) is 0 Å². The zero-order valence-electron chi connectivity index (χ0n) is 13.6. The van der Waals surface area contributed by atoms with E-state index in [0.29, 0.717) is 6.61 Å². The smallest absolute Gasteiger partial charge is 0.335 e. The lowest BCUT2D eigenvalue weighted by Gasteiger charge is -2.12. The number of esters is 1. The second-order valence-corrected chi connectivity index (χ2v) is 4.93. The van der Waals surface area contributed by atoms with Crippen molar-refractivity contribution in [3.05, 3.63) is 65.1 Å². The molecule has 1 aromatic carbocycles. The molecule has 0 aliphatic carbocycles. The fourth-order valence-electron chi connectivity index (χ4n) is 1.94. The van der Waals surface area contributed by atoms with E-state index in [1.54, 1.807) is 0 Å². The minimum atomic E-state index is -0.771. The molecule has 0 bridgehead atoms. The Hall–Kier alpha value is -2.97. The third-order valence-corrected chi connectivity index (χ3v) is 3.12. The van der Waals surface area contributed by atoms with Crippen LogP contribution >= 0.6 is 0 Å². The molecule has 2 aromatic rings. The number of aliphatic hydroxyl groups excluding tert-OH is 1. The monoisotopic (exact) mass is 345 g/mol. The quantitative estimate of drug-likeness (QED) is 0.514. The Kier molecular flexibility index (Phi) is 6.87. The number of aliphatic hydroxyl groups is 1. The summed E-state index contributed by atoms with van der Waals surface area (Å²) >= 11 is 0. The molecular weight excluding hydrogens is 326 g/mol. The van der Waals surface area contributed by atoms with Gasteiger partial charge in [-0.25, -0.2) is 9.48 Å². The van der Waals surface area contributed by atoms with Crippen LogP contribution in [0.4, 0.5) is 5.69 Å². The third kappa shape index (κ3) is 5.27. The zero-order chi connectivity index (χ0) is 18.1. The van der Waals surface area contributed by atoms with Crippen LogP contribution in [-0.4, -0.2) is 34.0 Å². The van der Waals surface area contributed by atoms with E-state index in [0.717, 1.165) is 16.3 Å². The van der Waals surface area contributed by atoms with E-state index in [1.165, 1.54) is 6.20 Å². The predicted molar refractivity (Wildman–Crippen MR) is 91.1 cm³/mol. The summed E-state index contributed by atoms with van der Waals surface area (Å²) in [7, 11) is 0. The molecule has 0 amide bonds. The average molecular weight is 345 g/mol. The summed E-state index contributed by atoms with van der Waals surface area (Å²) in [5.41, 5.74) is 0.523. The zero-order valence-corrected chi connectivity index (χ0v) is 13.6. The number of aromatic nitrogens is 2. The SMILES string of the molecule is C=CC(=O)Oc1c(NCCO)cnn(COCc2ccccc2)c1=O. The Labute approximate surface area is 144 Å². The summed E-state index contributed by atoms with van der Waals surface area (Å²) < 4.78 is 11.5. The maximum atomic E-state index is 12.5. The van der Waals surface area contributed by atoms with Crippen LogP contribution in [0.3, 0.4) is 0 Å². The van der Waals surface area contributed by atoms with Gasteiger partial charge < -0.3 is 19.9 Å². The molecule has 25 heavy (non-hydrogen) atoms. The fraction of sp³-hybridized carbons (Fsp3) is 0.235. The van der Waals surface area contributed by atoms with Crippen molar-refractivity contribution in [2.45, 2.75) is 13.3 Å². The number of ether oxygens (including phenoxy) is 2. The number of hydrogen-bond acceptors (Lipinski definition) is 7. The summed E-state index contributed by atoms with van der Waals surface area (Å²) in [4.78, 5) is 23.9. The first-order valence-electron chi connectivity index (χ1n) is 7.56. The molecule has 1 heterocycles. The van der Waals surface area contributed by atoms with Crippen molar-refractivity contribution < 1.29 is 19.4 Å². The summed E-state index contributed by atoms with van der Waals surface area (Å²) in [6.07, 6.45) is 2.28. The molecular formula is C17H19N3O5. The second-order valence-electron chi connectivity index (χ2n) is 4.93. The van der Waals surface area contributed by atoms with Gasteiger partial charge in [-0.2, -0.15) is 5.10 Å². The van der Waals surface area contributed by atoms with Crippen LogP contribution in [0.2, 0.25) is 0 Å². The molecule has 0 aliphatic heterocycles. The van der Waals surface area contributed by atoms with Gasteiger partial charge in [0.2, 0.25) is 5.75 Å². The van der Waals surface area contributed by atoms with Crippen molar-refractivity contribution in [1.82, 2.24) is 9.78 Å². The van der Waals surface area contributed by atoms with Crippen molar-refractivity contribution in [2.75, 3.05) is 18.5 Å². The molecule has 0 saturated carbocycles. The summed E-state index contributed by atoms with van der Waals surface area (Å²) in [6, 6.07) is 9.47. The molecule has 2 rings (SSSR count). The molecule has 0 atom stereocenters. The largest absolute Gasteiger partial charge is 0.415 e. The number of hydrogen-bond donors (Lipinski definition) is 2. The maximum absolute atomic E-state index is 12.5. The number of nitrogens with one attached hydrogen (secondary N) is 1. The Bertz CT molecular complexity index is 774. The van der Waals surface area contributed by atoms with Gasteiger partial charge in [0.15, 0.2) is 0 Å². The predicted octanol–water partition coefficient (Wildman–Crippen LogP) is 0.913. The Morgan fingerprint density at radius 3 is 2.80 bits per heavy atom. The first kappa shape index (κ1) is 18.4. The Morgan fingerprint density at radius 1 is 1.36 bits per heavy atom. The van der Waals surface area contributed by atoms with E-state index in [2.05, 4.69) is 17.0 Å². The number of carbonyl (C=O) groups is 1. The lowest BCUT2D eigenvalue weighted by atomic mass is 10.2. The third-order valence-electron chi connectivity index (χ3n) is 3.12. The number of carbonyl (C=O) groups excluding carboxylic acids is 1. The molecule has 1 aromatic heterocycles. The minimum Gasteiger partial charge on any atom is -0.415 e. The summed E-state index contributed by atoms with van der Waals surface area (Å²) in [5.74, 6) is -0.997. The van der Waals surface area contributed by atoms with Gasteiger partial charge in [-0.15, -0.1) is 0 Å². The number of anilines is 1. The van der Waals surface area contributed by atoms with Crippen LogP contribution in [0.1, 0.15) is 5.56 Å². The highest BCUT2D eigenvalue weighted by Gasteiger charge is 2.15. The van der Waals surface area contributed by atoms with Crippen LogP contribution in [0.25, 0.3) is 0 Å². The first-order chi connectivity index (χ1) is 12.2. The van der Waals surface area contributed by atoms with Gasteiger partial charge >= 0.3 is 11.5 Å². The van der Waals surface area contributed by atoms with Crippen LogP contribution < -0.4 is 15.6 Å². The number of rotatable bonds is 9. The average Bonchev–Trinajstić information content (AvgIpc) is 2.64. The molecule has 0 fully saturated rings. The minimum absolute atomic E-state index is 0.105. The topological polar surface area (TPSA) is 103 Å². The van der Waals surface area contributed by atoms with Crippen molar-refractivity contribution in [3.63, 3.8) is 0 Å². The molecule has 0 spiro atoms. The van der Waals surface area contributed by atoms with E-state index in [9.17, 15) is 9.59 Å². The normalized spacial score (nSPS) is 10.3. The Balaban J connectivity index is 2.14. The highest BCUT2D eigenvalue weighted by Crippen LogP contribution is 2.18. The summed E-state index contributed by atoms with van der Waals surface area (Å²) in [6.45, 7) is 3.52. The van der Waals surface area contributed by atoms with Crippen molar-refractivity contribution >= 4 is 11.7 Å². The van der Waals surface area contributed by atoms with Crippen molar-refractivity contribution in [2.24, 2.45) is 0 Å². The van der Waals surface area contributed by atoms with Crippen LogP contribution in [-0.2, 0) is 22.9 Å². The van der Waals surface area contributed by atoms with E-state index >= 15 is 0 Å². The van der Waals surface area contributed by atoms with Gasteiger partial charge in [-0.05, 0) is 5.56 Å². The van der Waals surface area contributed by atoms with Gasteiger partial charge in [0.1, 0.15) is 12.4 Å². The van der Waals surface area contributed by atoms with Crippen LogP contribution in [0.15, 0.2) is 54.0 Å². The van der Waals surface area contributed by atoms with Crippen molar-refractivity contribution in [3.8, 4) is 5.75 Å². The van der Waals surface area contributed by atoms with Gasteiger partial charge in [0.25, 0.3) is 0 Å². The van der Waals surface area contributed by atoms with Crippen LogP contribution in [0, 0.1) is 0 Å². The van der Waals surface area contributed by atoms with E-state index < -0.39 is 11.5 Å². The number of benzene rings is 1.